The molecule has 0 radical (unpaired) electrons. The smallest absolute Gasteiger partial charge is 0.466 e. The van der Waals surface area contributed by atoms with Gasteiger partial charge in [0, 0.05) is 13.0 Å². The van der Waals surface area contributed by atoms with E-state index in [0.29, 0.717) is 0 Å². The predicted molar refractivity (Wildman–Crippen MR) is 83.1 cm³/mol. The van der Waals surface area contributed by atoms with Gasteiger partial charge in [0.15, 0.2) is 10.1 Å². The number of nitrogens with one attached hydrogen (secondary N) is 1. The molecule has 0 aromatic heterocycles. The Labute approximate surface area is 170 Å². The molecular formula is C14H16F8NO7S-. The molecule has 0 aliphatic heterocycles. The molecule has 0 bridgehead atoms. The highest BCUT2D eigenvalue weighted by Crippen LogP contribution is 2.42. The Morgan fingerprint density at radius 3 is 1.94 bits per heavy atom. The largest absolute Gasteiger partial charge is 0.743 e. The second-order valence-electron chi connectivity index (χ2n) is 6.29. The van der Waals surface area contributed by atoms with Gasteiger partial charge in [0.25, 0.3) is 0 Å². The van der Waals surface area contributed by atoms with Crippen LogP contribution in [0, 0.1) is 5.92 Å². The molecule has 0 aromatic rings. The first kappa shape index (κ1) is 29.0. The number of hydrogen-bond donors (Lipinski definition) is 1. The normalized spacial score (nSPS) is 15.4. The molecule has 1 amide bonds. The molecule has 0 spiro atoms. The summed E-state index contributed by atoms with van der Waals surface area (Å²) in [6.07, 6.45) is -8.62. The number of alkyl halides is 7. The van der Waals surface area contributed by atoms with Gasteiger partial charge in [0.1, 0.15) is 0 Å². The Bertz CT molecular complexity index is 797. The minimum atomic E-state index is -6.96. The van der Waals surface area contributed by atoms with Gasteiger partial charge < -0.3 is 19.3 Å². The van der Waals surface area contributed by atoms with Crippen molar-refractivity contribution in [3.63, 3.8) is 0 Å². The van der Waals surface area contributed by atoms with E-state index in [2.05, 4.69) is 16.1 Å². The molecule has 182 valence electrons. The highest BCUT2D eigenvalue weighted by Gasteiger charge is 2.67. The first-order chi connectivity index (χ1) is 13.6. The van der Waals surface area contributed by atoms with Crippen molar-refractivity contribution in [3.05, 3.63) is 12.4 Å². The van der Waals surface area contributed by atoms with Crippen molar-refractivity contribution < 1.29 is 67.2 Å². The molecule has 0 aromatic carbocycles. The lowest BCUT2D eigenvalue weighted by atomic mass is 10.2. The monoisotopic (exact) mass is 494 g/mol. The van der Waals surface area contributed by atoms with Gasteiger partial charge in [-0.1, -0.05) is 20.4 Å². The molecule has 0 heterocycles. The first-order valence-corrected chi connectivity index (χ1v) is 9.31. The molecule has 31 heavy (non-hydrogen) atoms. The molecule has 1 N–H and O–H groups in total. The quantitative estimate of drug-likeness (QED) is 0.154. The zero-order valence-electron chi connectivity index (χ0n) is 15.7. The number of esters is 1. The number of rotatable bonds is 11. The second kappa shape index (κ2) is 9.64. The fourth-order valence-electron chi connectivity index (χ4n) is 1.66. The minimum absolute atomic E-state index is 0.507. The maximum atomic E-state index is 13.5. The summed E-state index contributed by atoms with van der Waals surface area (Å²) < 4.78 is 145. The van der Waals surface area contributed by atoms with Crippen LogP contribution in [0.5, 0.6) is 0 Å². The zero-order chi connectivity index (χ0) is 25.1. The van der Waals surface area contributed by atoms with Gasteiger partial charge in [-0.2, -0.15) is 35.1 Å². The van der Waals surface area contributed by atoms with E-state index in [1.165, 1.54) is 13.8 Å². The summed E-state index contributed by atoms with van der Waals surface area (Å²) in [7, 11) is -6.96. The minimum Gasteiger partial charge on any atom is -0.743 e. The van der Waals surface area contributed by atoms with Gasteiger partial charge in [-0.05, 0) is 5.92 Å². The van der Waals surface area contributed by atoms with Crippen LogP contribution in [0.15, 0.2) is 12.4 Å². The van der Waals surface area contributed by atoms with Gasteiger partial charge in [0.05, 0.1) is 6.61 Å². The van der Waals surface area contributed by atoms with Gasteiger partial charge in [0.2, 0.25) is 5.83 Å². The zero-order valence-corrected chi connectivity index (χ0v) is 16.5. The van der Waals surface area contributed by atoms with Gasteiger partial charge in [-0.25, -0.2) is 13.2 Å². The van der Waals surface area contributed by atoms with E-state index in [1.54, 1.807) is 5.32 Å². The molecule has 0 saturated carbocycles. The lowest BCUT2D eigenvalue weighted by Crippen LogP contribution is -2.62. The van der Waals surface area contributed by atoms with E-state index >= 15 is 0 Å². The van der Waals surface area contributed by atoms with Crippen molar-refractivity contribution in [1.82, 2.24) is 5.32 Å². The van der Waals surface area contributed by atoms with Crippen LogP contribution in [-0.4, -0.2) is 61.1 Å². The van der Waals surface area contributed by atoms with Crippen LogP contribution in [0.3, 0.4) is 0 Å². The lowest BCUT2D eigenvalue weighted by Gasteiger charge is -2.34. The van der Waals surface area contributed by atoms with E-state index in [9.17, 15) is 57.7 Å². The number of amides is 1. The summed E-state index contributed by atoms with van der Waals surface area (Å²) in [6, 6.07) is 0. The summed E-state index contributed by atoms with van der Waals surface area (Å²) in [6.45, 7) is 2.41. The third-order valence-electron chi connectivity index (χ3n) is 3.26. The third-order valence-corrected chi connectivity index (χ3v) is 4.19. The van der Waals surface area contributed by atoms with Crippen LogP contribution in [-0.2, 0) is 29.2 Å². The van der Waals surface area contributed by atoms with Gasteiger partial charge in [-0.3, -0.25) is 4.79 Å². The topological polar surface area (TPSA) is 122 Å². The van der Waals surface area contributed by atoms with Crippen LogP contribution in [0.25, 0.3) is 0 Å². The van der Waals surface area contributed by atoms with E-state index in [1.807, 2.05) is 0 Å². The average molecular weight is 494 g/mol. The van der Waals surface area contributed by atoms with Crippen molar-refractivity contribution in [2.45, 2.75) is 43.4 Å². The van der Waals surface area contributed by atoms with Crippen molar-refractivity contribution in [3.8, 4) is 0 Å². The summed E-state index contributed by atoms with van der Waals surface area (Å²) in [5.41, 5.74) is 0. The van der Waals surface area contributed by atoms with Crippen LogP contribution in [0.2, 0.25) is 0 Å². The molecule has 0 aliphatic carbocycles. The Kier molecular flexibility index (Phi) is 9.02. The maximum absolute atomic E-state index is 13.5. The van der Waals surface area contributed by atoms with Gasteiger partial charge in [-0.15, -0.1) is 0 Å². The summed E-state index contributed by atoms with van der Waals surface area (Å²) >= 11 is 0. The number of halogens is 8. The summed E-state index contributed by atoms with van der Waals surface area (Å²) in [5.74, 6) is -18.1. The van der Waals surface area contributed by atoms with Crippen molar-refractivity contribution in [2.24, 2.45) is 5.92 Å². The average Bonchev–Trinajstić information content (AvgIpc) is 2.55. The van der Waals surface area contributed by atoms with Crippen LogP contribution in [0.4, 0.5) is 35.1 Å². The fourth-order valence-corrected chi connectivity index (χ4v) is 2.13. The molecule has 1 atom stereocenters. The van der Waals surface area contributed by atoms with E-state index in [0.717, 1.165) is 0 Å². The highest BCUT2D eigenvalue weighted by atomic mass is 32.2. The highest BCUT2D eigenvalue weighted by molar-refractivity contribution is 7.86. The summed E-state index contributed by atoms with van der Waals surface area (Å²) in [5, 5.41) is -4.67. The molecule has 1 unspecified atom stereocenters. The van der Waals surface area contributed by atoms with Gasteiger partial charge >= 0.3 is 35.0 Å². The van der Waals surface area contributed by atoms with Crippen molar-refractivity contribution >= 4 is 22.0 Å². The Hall–Kier alpha value is -2.01. The van der Waals surface area contributed by atoms with Crippen LogP contribution in [0.1, 0.15) is 20.3 Å². The Morgan fingerprint density at radius 2 is 1.58 bits per heavy atom. The maximum Gasteiger partial charge on any atom is 0.466 e. The van der Waals surface area contributed by atoms with E-state index < -0.39 is 76.5 Å². The third kappa shape index (κ3) is 6.73. The molecule has 0 aliphatic rings. The molecule has 0 fully saturated rings. The number of carbonyl (C=O) groups is 2. The Morgan fingerprint density at radius 1 is 1.10 bits per heavy atom. The van der Waals surface area contributed by atoms with Crippen molar-refractivity contribution in [2.75, 3.05) is 13.2 Å². The summed E-state index contributed by atoms with van der Waals surface area (Å²) in [4.78, 5) is 23.3. The van der Waals surface area contributed by atoms with E-state index in [-0.39, 0.29) is 0 Å². The number of ether oxygens (including phenoxy) is 2. The molecule has 0 saturated heterocycles. The molecule has 17 heteroatoms. The molecule has 8 nitrogen and oxygen atoms in total. The fraction of sp³-hybridized carbons (Fsp3) is 0.714. The van der Waals surface area contributed by atoms with Crippen LogP contribution < -0.4 is 5.32 Å². The lowest BCUT2D eigenvalue weighted by molar-refractivity contribution is -0.350. The molecule has 0 rings (SSSR count). The van der Waals surface area contributed by atoms with Crippen LogP contribution >= 0.6 is 0 Å². The van der Waals surface area contributed by atoms with Crippen molar-refractivity contribution in [1.29, 1.82) is 0 Å². The first-order valence-electron chi connectivity index (χ1n) is 7.90. The second-order valence-corrected chi connectivity index (χ2v) is 7.71. The number of carbonyl (C=O) groups excluding carboxylic acids is 2. The number of hydrogen-bond acceptors (Lipinski definition) is 7. The predicted octanol–water partition coefficient (Wildman–Crippen LogP) is 2.22. The Balaban J connectivity index is 6.02. The molecular weight excluding hydrogens is 478 g/mol. The SMILES string of the molecule is C=C(F)C(=O)OC(OCCC(F)(F)C(F)(F)S(=O)(=O)[O-])(C(=O)NCC(C)C)C(F)(F)F. The van der Waals surface area contributed by atoms with E-state index in [4.69, 9.17) is 0 Å². The standard InChI is InChI=1S/C14H17F8NO7S/c1-7(2)6-23-10(25)12(13(18,19)20,30-9(24)8(3)15)29-5-4-11(16,17)14(21,22)31(26,27)28/h7H,3-6H2,1-2H3,(H,23,25)(H,26,27,28)/p-1.